The van der Waals surface area contributed by atoms with Crippen molar-refractivity contribution in [2.45, 2.75) is 18.0 Å². The highest BCUT2D eigenvalue weighted by atomic mass is 32.2. The Morgan fingerprint density at radius 2 is 1.74 bits per heavy atom. The number of hydrogen-bond donors (Lipinski definition) is 1. The molecule has 0 aliphatic heterocycles. The quantitative estimate of drug-likeness (QED) is 0.454. The smallest absolute Gasteiger partial charge is 0.240 e. The summed E-state index contributed by atoms with van der Waals surface area (Å²) in [6, 6.07) is 17.5. The average Bonchev–Trinajstić information content (AvgIpc) is 3.15. The number of sulfonamides is 1. The van der Waals surface area contributed by atoms with E-state index in [-0.39, 0.29) is 11.4 Å². The fourth-order valence-corrected chi connectivity index (χ4v) is 4.29. The summed E-state index contributed by atoms with van der Waals surface area (Å²) < 4.78 is 40.6. The standard InChI is InChI=1S/C22H22N4O4S/c1-29-17-9-11-18(12-10-17)31(27,28)24-14-21-25-19-7-5-13-23-22(19)26(21)15-16-6-3-4-8-20(16)30-2/h3-13,24H,14-15H2,1-2H3. The van der Waals surface area contributed by atoms with Crippen LogP contribution in [0.4, 0.5) is 0 Å². The number of para-hydroxylation sites is 1. The molecule has 8 nitrogen and oxygen atoms in total. The second-order valence-corrected chi connectivity index (χ2v) is 8.54. The number of imidazole rings is 1. The monoisotopic (exact) mass is 438 g/mol. The van der Waals surface area contributed by atoms with Crippen molar-refractivity contribution in [3.05, 3.63) is 78.2 Å². The maximum absolute atomic E-state index is 12.8. The van der Waals surface area contributed by atoms with Crippen LogP contribution < -0.4 is 14.2 Å². The summed E-state index contributed by atoms with van der Waals surface area (Å²) in [4.78, 5) is 9.20. The van der Waals surface area contributed by atoms with Crippen LogP contribution in [-0.4, -0.2) is 37.2 Å². The van der Waals surface area contributed by atoms with Crippen LogP contribution in [0.3, 0.4) is 0 Å². The zero-order valence-corrected chi connectivity index (χ0v) is 18.0. The first-order chi connectivity index (χ1) is 15.0. The van der Waals surface area contributed by atoms with Crippen LogP contribution in [0.15, 0.2) is 71.8 Å². The van der Waals surface area contributed by atoms with Crippen LogP contribution in [0.25, 0.3) is 11.2 Å². The molecule has 1 N–H and O–H groups in total. The van der Waals surface area contributed by atoms with E-state index in [4.69, 9.17) is 9.47 Å². The van der Waals surface area contributed by atoms with Gasteiger partial charge in [0.25, 0.3) is 0 Å². The van der Waals surface area contributed by atoms with E-state index in [9.17, 15) is 8.42 Å². The van der Waals surface area contributed by atoms with Gasteiger partial charge in [-0.2, -0.15) is 0 Å². The maximum Gasteiger partial charge on any atom is 0.240 e. The second-order valence-electron chi connectivity index (χ2n) is 6.77. The van der Waals surface area contributed by atoms with Gasteiger partial charge >= 0.3 is 0 Å². The van der Waals surface area contributed by atoms with Gasteiger partial charge in [0.15, 0.2) is 5.65 Å². The first kappa shape index (κ1) is 20.8. The number of fused-ring (bicyclic) bond motifs is 1. The SMILES string of the molecule is COc1ccc(S(=O)(=O)NCc2nc3cccnc3n2Cc2ccccc2OC)cc1. The van der Waals surface area contributed by atoms with Gasteiger partial charge < -0.3 is 14.0 Å². The van der Waals surface area contributed by atoms with E-state index in [2.05, 4.69) is 14.7 Å². The van der Waals surface area contributed by atoms with Crippen molar-refractivity contribution in [1.29, 1.82) is 0 Å². The number of hydrogen-bond acceptors (Lipinski definition) is 6. The third-order valence-corrected chi connectivity index (χ3v) is 6.31. The zero-order valence-electron chi connectivity index (χ0n) is 17.1. The summed E-state index contributed by atoms with van der Waals surface area (Å²) in [6.45, 7) is 0.455. The maximum atomic E-state index is 12.8. The Hall–Kier alpha value is -3.43. The van der Waals surface area contributed by atoms with E-state index in [0.717, 1.165) is 11.3 Å². The van der Waals surface area contributed by atoms with E-state index in [1.165, 1.54) is 19.2 Å². The molecule has 0 radical (unpaired) electrons. The van der Waals surface area contributed by atoms with Crippen molar-refractivity contribution < 1.29 is 17.9 Å². The number of nitrogens with zero attached hydrogens (tertiary/aromatic N) is 3. The highest BCUT2D eigenvalue weighted by Crippen LogP contribution is 2.22. The Morgan fingerprint density at radius 3 is 2.48 bits per heavy atom. The Kier molecular flexibility index (Phi) is 5.88. The fourth-order valence-electron chi connectivity index (χ4n) is 3.31. The van der Waals surface area contributed by atoms with E-state index in [1.807, 2.05) is 34.9 Å². The number of pyridine rings is 1. The lowest BCUT2D eigenvalue weighted by atomic mass is 10.2. The minimum atomic E-state index is -3.73. The number of aromatic nitrogens is 3. The molecule has 0 bridgehead atoms. The zero-order chi connectivity index (χ0) is 21.8. The molecule has 0 aliphatic rings. The minimum Gasteiger partial charge on any atom is -0.497 e. The van der Waals surface area contributed by atoms with Gasteiger partial charge in [-0.05, 0) is 42.5 Å². The predicted octanol–water partition coefficient (Wildman–Crippen LogP) is 2.98. The Balaban J connectivity index is 1.65. The number of ether oxygens (including phenoxy) is 2. The van der Waals surface area contributed by atoms with E-state index >= 15 is 0 Å². The van der Waals surface area contributed by atoms with Crippen molar-refractivity contribution >= 4 is 21.2 Å². The molecule has 31 heavy (non-hydrogen) atoms. The molecule has 0 saturated heterocycles. The molecule has 0 aliphatic carbocycles. The van der Waals surface area contributed by atoms with Gasteiger partial charge in [-0.3, -0.25) is 0 Å². The van der Waals surface area contributed by atoms with Crippen LogP contribution in [0.2, 0.25) is 0 Å². The summed E-state index contributed by atoms with van der Waals surface area (Å²) in [5.41, 5.74) is 2.30. The third-order valence-electron chi connectivity index (χ3n) is 4.89. The predicted molar refractivity (Wildman–Crippen MR) is 117 cm³/mol. The van der Waals surface area contributed by atoms with Gasteiger partial charge in [-0.1, -0.05) is 18.2 Å². The second kappa shape index (κ2) is 8.75. The minimum absolute atomic E-state index is 0.0138. The molecule has 160 valence electrons. The number of methoxy groups -OCH3 is 2. The van der Waals surface area contributed by atoms with Crippen LogP contribution in [-0.2, 0) is 23.1 Å². The van der Waals surface area contributed by atoms with Crippen LogP contribution in [0.5, 0.6) is 11.5 Å². The molecular weight excluding hydrogens is 416 g/mol. The molecule has 9 heteroatoms. The number of rotatable bonds is 8. The molecule has 2 aromatic heterocycles. The largest absolute Gasteiger partial charge is 0.497 e. The van der Waals surface area contributed by atoms with Crippen LogP contribution in [0, 0.1) is 0 Å². The first-order valence-corrected chi connectivity index (χ1v) is 11.1. The highest BCUT2D eigenvalue weighted by Gasteiger charge is 2.18. The highest BCUT2D eigenvalue weighted by molar-refractivity contribution is 7.89. The molecule has 2 aromatic carbocycles. The molecule has 0 unspecified atom stereocenters. The lowest BCUT2D eigenvalue weighted by Gasteiger charge is -2.13. The van der Waals surface area contributed by atoms with Crippen molar-refractivity contribution in [3.8, 4) is 11.5 Å². The molecule has 2 heterocycles. The molecule has 0 saturated carbocycles. The van der Waals surface area contributed by atoms with Crippen molar-refractivity contribution in [3.63, 3.8) is 0 Å². The molecular formula is C22H22N4O4S. The summed E-state index contributed by atoms with van der Waals surface area (Å²) in [7, 11) is -0.579. The average molecular weight is 439 g/mol. The van der Waals surface area contributed by atoms with Gasteiger partial charge in [0.05, 0.1) is 32.2 Å². The molecule has 0 amide bonds. The number of benzene rings is 2. The van der Waals surface area contributed by atoms with E-state index in [1.54, 1.807) is 31.5 Å². The van der Waals surface area contributed by atoms with Crippen LogP contribution >= 0.6 is 0 Å². The number of nitrogens with one attached hydrogen (secondary N) is 1. The van der Waals surface area contributed by atoms with Gasteiger partial charge in [0.2, 0.25) is 10.0 Å². The van der Waals surface area contributed by atoms with Gasteiger partial charge in [-0.25, -0.2) is 23.1 Å². The lowest BCUT2D eigenvalue weighted by molar-refractivity contribution is 0.408. The lowest BCUT2D eigenvalue weighted by Crippen LogP contribution is -2.25. The van der Waals surface area contributed by atoms with Gasteiger partial charge in [0, 0.05) is 11.8 Å². The van der Waals surface area contributed by atoms with Gasteiger partial charge in [-0.15, -0.1) is 0 Å². The van der Waals surface area contributed by atoms with Crippen molar-refractivity contribution in [1.82, 2.24) is 19.3 Å². The van der Waals surface area contributed by atoms with Gasteiger partial charge in [0.1, 0.15) is 22.8 Å². The molecule has 4 rings (SSSR count). The summed E-state index contributed by atoms with van der Waals surface area (Å²) in [5.74, 6) is 1.88. The summed E-state index contributed by atoms with van der Waals surface area (Å²) >= 11 is 0. The summed E-state index contributed by atoms with van der Waals surface area (Å²) in [5, 5.41) is 0. The molecule has 0 spiro atoms. The van der Waals surface area contributed by atoms with Crippen LogP contribution in [0.1, 0.15) is 11.4 Å². The fraction of sp³-hybridized carbons (Fsp3) is 0.182. The van der Waals surface area contributed by atoms with Crippen molar-refractivity contribution in [2.24, 2.45) is 0 Å². The normalized spacial score (nSPS) is 11.5. The third kappa shape index (κ3) is 4.37. The first-order valence-electron chi connectivity index (χ1n) is 9.57. The summed E-state index contributed by atoms with van der Waals surface area (Å²) in [6.07, 6.45) is 1.69. The van der Waals surface area contributed by atoms with E-state index < -0.39 is 10.0 Å². The Bertz CT molecular complexity index is 1300. The Labute approximate surface area is 180 Å². The molecule has 0 atom stereocenters. The topological polar surface area (TPSA) is 95.3 Å². The molecule has 4 aromatic rings. The molecule has 0 fully saturated rings. The Morgan fingerprint density at radius 1 is 0.968 bits per heavy atom. The van der Waals surface area contributed by atoms with Crippen molar-refractivity contribution in [2.75, 3.05) is 14.2 Å². The van der Waals surface area contributed by atoms with E-state index in [0.29, 0.717) is 29.3 Å².